The molecule has 1 aromatic rings. The van der Waals surface area contributed by atoms with E-state index in [1.165, 1.54) is 32.1 Å². The lowest BCUT2D eigenvalue weighted by molar-refractivity contribution is -0.0351. The molecule has 0 aliphatic heterocycles. The molecule has 5 rings (SSSR count). The Labute approximate surface area is 109 Å². The molecule has 4 aliphatic rings. The summed E-state index contributed by atoms with van der Waals surface area (Å²) in [5.74, 6) is 2.62. The minimum atomic E-state index is 0.360. The van der Waals surface area contributed by atoms with E-state index >= 15 is 0 Å². The number of benzene rings is 1. The Morgan fingerprint density at radius 2 is 1.67 bits per heavy atom. The molecule has 1 heteroatoms. The molecule has 0 heterocycles. The van der Waals surface area contributed by atoms with Crippen molar-refractivity contribution in [2.24, 2.45) is 23.7 Å². The molecule has 18 heavy (non-hydrogen) atoms. The van der Waals surface area contributed by atoms with Gasteiger partial charge < -0.3 is 0 Å². The molecule has 0 aromatic heterocycles. The molecule has 0 N–H and O–H groups in total. The maximum absolute atomic E-state index is 9.40. The molecule has 4 bridgehead atoms. The van der Waals surface area contributed by atoms with Crippen LogP contribution in [0.2, 0.25) is 0 Å². The third kappa shape index (κ3) is 1.32. The fraction of sp³-hybridized carbons (Fsp3) is 0.588. The summed E-state index contributed by atoms with van der Waals surface area (Å²) >= 11 is 0. The summed E-state index contributed by atoms with van der Waals surface area (Å²) in [6, 6.07) is 13.7. The van der Waals surface area contributed by atoms with Crippen molar-refractivity contribution in [2.75, 3.05) is 0 Å². The van der Waals surface area contributed by atoms with E-state index in [9.17, 15) is 5.26 Å². The molecule has 2 unspecified atom stereocenters. The number of hydrogen-bond donors (Lipinski definition) is 0. The summed E-state index contributed by atoms with van der Waals surface area (Å²) in [5.41, 5.74) is 1.96. The molecule has 4 fully saturated rings. The first kappa shape index (κ1) is 10.6. The maximum Gasteiger partial charge on any atom is 0.0661 e. The third-order valence-electron chi connectivity index (χ3n) is 5.81. The highest BCUT2D eigenvalue weighted by Gasteiger charge is 2.55. The van der Waals surface area contributed by atoms with Gasteiger partial charge in [0.2, 0.25) is 0 Å². The number of rotatable bonds is 1. The molecule has 92 valence electrons. The topological polar surface area (TPSA) is 23.8 Å². The zero-order valence-electron chi connectivity index (χ0n) is 10.7. The number of nitrogens with zero attached hydrogens (tertiary/aromatic N) is 1. The molecule has 0 amide bonds. The van der Waals surface area contributed by atoms with E-state index in [0.29, 0.717) is 23.2 Å². The van der Waals surface area contributed by atoms with E-state index in [2.05, 4.69) is 36.4 Å². The van der Waals surface area contributed by atoms with Crippen LogP contribution >= 0.6 is 0 Å². The summed E-state index contributed by atoms with van der Waals surface area (Å²) in [6.45, 7) is 0. The van der Waals surface area contributed by atoms with E-state index < -0.39 is 0 Å². The van der Waals surface area contributed by atoms with Crippen LogP contribution in [-0.2, 0) is 5.41 Å². The van der Waals surface area contributed by atoms with Crippen molar-refractivity contribution in [2.45, 2.75) is 37.5 Å². The average molecular weight is 237 g/mol. The summed E-state index contributed by atoms with van der Waals surface area (Å²) < 4.78 is 0. The van der Waals surface area contributed by atoms with Crippen molar-refractivity contribution in [1.29, 1.82) is 5.26 Å². The molecule has 0 radical (unpaired) electrons. The highest BCUT2D eigenvalue weighted by Crippen LogP contribution is 2.62. The molecule has 4 aliphatic carbocycles. The smallest absolute Gasteiger partial charge is 0.0661 e. The second kappa shape index (κ2) is 3.60. The third-order valence-corrected chi connectivity index (χ3v) is 5.81. The van der Waals surface area contributed by atoms with Gasteiger partial charge in [0.25, 0.3) is 0 Å². The van der Waals surface area contributed by atoms with Crippen LogP contribution in [0, 0.1) is 35.0 Å². The van der Waals surface area contributed by atoms with Crippen molar-refractivity contribution in [3.05, 3.63) is 35.9 Å². The first-order valence-corrected chi connectivity index (χ1v) is 7.26. The van der Waals surface area contributed by atoms with Crippen LogP contribution in [0.25, 0.3) is 0 Å². The fourth-order valence-corrected chi connectivity index (χ4v) is 5.38. The molecule has 0 saturated heterocycles. The zero-order chi connectivity index (χ0) is 12.2. The molecule has 2 atom stereocenters. The van der Waals surface area contributed by atoms with E-state index in [1.54, 1.807) is 5.56 Å². The normalized spacial score (nSPS) is 44.8. The summed E-state index contributed by atoms with van der Waals surface area (Å²) in [4.78, 5) is 0. The van der Waals surface area contributed by atoms with Gasteiger partial charge in [0, 0.05) is 0 Å². The first-order chi connectivity index (χ1) is 8.81. The van der Waals surface area contributed by atoms with Gasteiger partial charge in [0.15, 0.2) is 0 Å². The summed E-state index contributed by atoms with van der Waals surface area (Å²) in [6.07, 6.45) is 6.55. The maximum atomic E-state index is 9.40. The Kier molecular flexibility index (Phi) is 2.13. The lowest BCUT2D eigenvalue weighted by Gasteiger charge is -2.59. The van der Waals surface area contributed by atoms with Crippen molar-refractivity contribution in [3.8, 4) is 6.07 Å². The predicted molar refractivity (Wildman–Crippen MR) is 70.8 cm³/mol. The van der Waals surface area contributed by atoms with Crippen LogP contribution in [0.5, 0.6) is 0 Å². The highest BCUT2D eigenvalue weighted by molar-refractivity contribution is 5.30. The van der Waals surface area contributed by atoms with Crippen LogP contribution in [0.15, 0.2) is 30.3 Å². The van der Waals surface area contributed by atoms with Gasteiger partial charge in [-0.1, -0.05) is 30.3 Å². The zero-order valence-corrected chi connectivity index (χ0v) is 10.7. The van der Waals surface area contributed by atoms with Crippen molar-refractivity contribution in [1.82, 2.24) is 0 Å². The van der Waals surface area contributed by atoms with Crippen LogP contribution in [-0.4, -0.2) is 0 Å². The molecular weight excluding hydrogens is 218 g/mol. The first-order valence-electron chi connectivity index (χ1n) is 7.26. The molecule has 0 spiro atoms. The second-order valence-electron chi connectivity index (χ2n) is 6.77. The minimum Gasteiger partial charge on any atom is -0.198 e. The largest absolute Gasteiger partial charge is 0.198 e. The second-order valence-corrected chi connectivity index (χ2v) is 6.77. The van der Waals surface area contributed by atoms with Gasteiger partial charge in [0.1, 0.15) is 0 Å². The Hall–Kier alpha value is -1.29. The van der Waals surface area contributed by atoms with E-state index in [1.807, 2.05) is 0 Å². The Morgan fingerprint density at radius 3 is 2.28 bits per heavy atom. The molecule has 4 saturated carbocycles. The highest BCUT2D eigenvalue weighted by atomic mass is 14.6. The Bertz CT molecular complexity index is 482. The summed E-state index contributed by atoms with van der Waals surface area (Å²) in [5, 5.41) is 9.40. The predicted octanol–water partition coefficient (Wildman–Crippen LogP) is 3.90. The van der Waals surface area contributed by atoms with Gasteiger partial charge in [0.05, 0.1) is 12.0 Å². The standard InChI is InChI=1S/C17H19N/c18-11-16-13-6-12-7-14(16)10-17(8-12,9-13)15-4-2-1-3-5-15/h1-5,12-14,16H,6-10H2. The van der Waals surface area contributed by atoms with Gasteiger partial charge >= 0.3 is 0 Å². The monoisotopic (exact) mass is 237 g/mol. The average Bonchev–Trinajstić information content (AvgIpc) is 2.39. The summed E-state index contributed by atoms with van der Waals surface area (Å²) in [7, 11) is 0. The van der Waals surface area contributed by atoms with Gasteiger partial charge in [-0.25, -0.2) is 0 Å². The van der Waals surface area contributed by atoms with Crippen LogP contribution in [0.1, 0.15) is 37.7 Å². The van der Waals surface area contributed by atoms with Crippen LogP contribution < -0.4 is 0 Å². The quantitative estimate of drug-likeness (QED) is 0.726. The van der Waals surface area contributed by atoms with E-state index in [-0.39, 0.29) is 0 Å². The van der Waals surface area contributed by atoms with Gasteiger partial charge in [-0.05, 0) is 60.8 Å². The lowest BCUT2D eigenvalue weighted by atomic mass is 9.45. The van der Waals surface area contributed by atoms with Crippen molar-refractivity contribution >= 4 is 0 Å². The molecule has 1 nitrogen and oxygen atoms in total. The lowest BCUT2D eigenvalue weighted by Crippen LogP contribution is -2.52. The number of hydrogen-bond acceptors (Lipinski definition) is 1. The van der Waals surface area contributed by atoms with Gasteiger partial charge in [-0.15, -0.1) is 0 Å². The Balaban J connectivity index is 1.75. The van der Waals surface area contributed by atoms with Crippen molar-refractivity contribution in [3.63, 3.8) is 0 Å². The molecular formula is C17H19N. The minimum absolute atomic E-state index is 0.360. The van der Waals surface area contributed by atoms with E-state index in [4.69, 9.17) is 0 Å². The Morgan fingerprint density at radius 1 is 1.00 bits per heavy atom. The molecule has 1 aromatic carbocycles. The van der Waals surface area contributed by atoms with Gasteiger partial charge in [-0.2, -0.15) is 5.26 Å². The van der Waals surface area contributed by atoms with Gasteiger partial charge in [-0.3, -0.25) is 0 Å². The van der Waals surface area contributed by atoms with Crippen LogP contribution in [0.4, 0.5) is 0 Å². The number of nitriles is 1. The van der Waals surface area contributed by atoms with Crippen molar-refractivity contribution < 1.29 is 0 Å². The SMILES string of the molecule is N#CC1C2CC3CC1CC(c1ccccc1)(C3)C2. The van der Waals surface area contributed by atoms with E-state index in [0.717, 1.165) is 5.92 Å². The fourth-order valence-electron chi connectivity index (χ4n) is 5.38. The van der Waals surface area contributed by atoms with Crippen LogP contribution in [0.3, 0.4) is 0 Å².